The summed E-state index contributed by atoms with van der Waals surface area (Å²) in [4.78, 5) is 102. The van der Waals surface area contributed by atoms with Crippen LogP contribution < -0.4 is 10.6 Å². The molecule has 2 saturated carbocycles. The van der Waals surface area contributed by atoms with E-state index in [1.807, 2.05) is 0 Å². The zero-order chi connectivity index (χ0) is 52.5. The van der Waals surface area contributed by atoms with Crippen LogP contribution in [0.25, 0.3) is 0 Å². The standard InChI is InChI=1S/C54H63N3O16/c1-31-37(70-49(64)42(60)41(34-16-10-7-11-17-34)56-47(62)35-18-12-8-13-19-35)29-54(66)46(72-48(63)36-20-14-9-15-21-36)44-52(6,45(61)43(69-32(2)58)40(31)51(54,4)5)38(28-39-53(44,30-68-39)73-33(3)59)71-50(65)55-22-23-57-24-26-67-27-25-57/h7-21,37-39,41-44,46,60,66H,22-30H2,1-6H3,(H,55,65)(H,56,62)/t37-,38-,39+,41-,42+,43+,44-,46-,52+,53-,54+/m0/s1. The van der Waals surface area contributed by atoms with Gasteiger partial charge in [0.25, 0.3) is 5.91 Å². The lowest BCUT2D eigenvalue weighted by Crippen LogP contribution is -2.82. The van der Waals surface area contributed by atoms with Gasteiger partial charge in [-0.1, -0.05) is 80.6 Å². The fourth-order valence-electron chi connectivity index (χ4n) is 11.6. The topological polar surface area (TPSA) is 252 Å². The molecule has 11 atom stereocenters. The third kappa shape index (κ3) is 10.00. The fourth-order valence-corrected chi connectivity index (χ4v) is 11.6. The van der Waals surface area contributed by atoms with Crippen molar-refractivity contribution in [3.63, 3.8) is 0 Å². The number of fused-ring (bicyclic) bond motifs is 5. The minimum atomic E-state index is -2.47. The molecule has 2 bridgehead atoms. The highest BCUT2D eigenvalue weighted by Gasteiger charge is 2.79. The van der Waals surface area contributed by atoms with Crippen LogP contribution in [0.1, 0.15) is 86.7 Å². The number of aliphatic hydroxyl groups excluding tert-OH is 1. The number of carbonyl (C=O) groups is 7. The Morgan fingerprint density at radius 2 is 1.44 bits per heavy atom. The number of carbonyl (C=O) groups excluding carboxylic acids is 7. The lowest BCUT2D eigenvalue weighted by molar-refractivity contribution is -0.345. The van der Waals surface area contributed by atoms with Crippen LogP contribution in [0.5, 0.6) is 0 Å². The average molecular weight is 1010 g/mol. The van der Waals surface area contributed by atoms with Gasteiger partial charge in [0.2, 0.25) is 0 Å². The molecule has 19 nitrogen and oxygen atoms in total. The molecular formula is C54H63N3O16. The molecule has 0 aromatic heterocycles. The van der Waals surface area contributed by atoms with Gasteiger partial charge in [0.05, 0.1) is 42.8 Å². The highest BCUT2D eigenvalue weighted by Crippen LogP contribution is 2.65. The summed E-state index contributed by atoms with van der Waals surface area (Å²) in [5.41, 5.74) is -7.45. The second-order valence-electron chi connectivity index (χ2n) is 20.1. The SMILES string of the molecule is CC(=O)O[C@H]1C(=O)[C@]2(C)[C@@H](OC(=O)NCCN3CCOCC3)C[C@H]3OC[C@@]3(OC(C)=O)[C@H]2[C@H](OC(=O)c2ccccc2)[C@]2(O)C[C@H](OC(=O)[C@H](O)[C@@H](NC(=O)c3ccccc3)c3ccccc3)C(C)=C1C2(C)C. The molecule has 3 aliphatic carbocycles. The maximum atomic E-state index is 16.2. The van der Waals surface area contributed by atoms with Gasteiger partial charge in [-0.15, -0.1) is 0 Å². The first kappa shape index (κ1) is 52.8. The van der Waals surface area contributed by atoms with Gasteiger partial charge in [0, 0.05) is 63.8 Å². The normalized spacial score (nSPS) is 30.2. The van der Waals surface area contributed by atoms with E-state index in [1.165, 1.54) is 26.0 Å². The van der Waals surface area contributed by atoms with E-state index in [2.05, 4.69) is 15.5 Å². The molecule has 73 heavy (non-hydrogen) atoms. The maximum absolute atomic E-state index is 16.2. The Morgan fingerprint density at radius 1 is 0.822 bits per heavy atom. The van der Waals surface area contributed by atoms with Crippen molar-refractivity contribution in [3.8, 4) is 0 Å². The van der Waals surface area contributed by atoms with Gasteiger partial charge < -0.3 is 54.0 Å². The average Bonchev–Trinajstić information content (AvgIpc) is 3.36. The number of amides is 2. The Hall–Kier alpha value is -6.51. The quantitative estimate of drug-likeness (QED) is 0.102. The first-order chi connectivity index (χ1) is 34.7. The number of hydrogen-bond donors (Lipinski definition) is 4. The number of hydrogen-bond acceptors (Lipinski definition) is 17. The molecule has 2 heterocycles. The number of ketones is 1. The molecule has 3 aromatic rings. The lowest BCUT2D eigenvalue weighted by Gasteiger charge is -2.67. The van der Waals surface area contributed by atoms with Gasteiger partial charge in [-0.3, -0.25) is 24.1 Å². The Kier molecular flexibility index (Phi) is 15.3. The van der Waals surface area contributed by atoms with E-state index in [4.69, 9.17) is 33.2 Å². The molecule has 2 saturated heterocycles. The van der Waals surface area contributed by atoms with Gasteiger partial charge >= 0.3 is 30.0 Å². The molecular weight excluding hydrogens is 947 g/mol. The first-order valence-corrected chi connectivity index (χ1v) is 24.5. The third-order valence-electron chi connectivity index (χ3n) is 15.5. The summed E-state index contributed by atoms with van der Waals surface area (Å²) in [5.74, 6) is -7.06. The molecule has 2 amide bonds. The first-order valence-electron chi connectivity index (χ1n) is 24.5. The zero-order valence-electron chi connectivity index (χ0n) is 41.7. The second-order valence-corrected chi connectivity index (χ2v) is 20.1. The Labute approximate surface area is 422 Å². The molecule has 19 heteroatoms. The van der Waals surface area contributed by atoms with Crippen LogP contribution in [-0.4, -0.2) is 151 Å². The zero-order valence-corrected chi connectivity index (χ0v) is 41.7. The van der Waals surface area contributed by atoms with Crippen LogP contribution in [0.4, 0.5) is 4.79 Å². The van der Waals surface area contributed by atoms with Crippen molar-refractivity contribution in [2.24, 2.45) is 16.7 Å². The largest absolute Gasteiger partial charge is 0.456 e. The molecule has 0 spiro atoms. The smallest absolute Gasteiger partial charge is 0.407 e. The summed E-state index contributed by atoms with van der Waals surface area (Å²) in [6, 6.07) is 22.9. The summed E-state index contributed by atoms with van der Waals surface area (Å²) in [6.07, 6.45) is -11.7. The minimum absolute atomic E-state index is 0.0339. The number of alkyl carbamates (subject to hydrolysis) is 1. The molecule has 390 valence electrons. The highest BCUT2D eigenvalue weighted by atomic mass is 16.6. The van der Waals surface area contributed by atoms with Gasteiger partial charge in [-0.05, 0) is 54.8 Å². The number of nitrogens with zero attached hydrogens (tertiary/aromatic N) is 1. The molecule has 2 aliphatic heterocycles. The van der Waals surface area contributed by atoms with Crippen LogP contribution in [0.3, 0.4) is 0 Å². The monoisotopic (exact) mass is 1010 g/mol. The van der Waals surface area contributed by atoms with Crippen molar-refractivity contribution in [1.29, 1.82) is 0 Å². The van der Waals surface area contributed by atoms with E-state index in [0.717, 1.165) is 13.8 Å². The summed E-state index contributed by atoms with van der Waals surface area (Å²) in [5, 5.41) is 31.5. The summed E-state index contributed by atoms with van der Waals surface area (Å²) < 4.78 is 42.8. The molecule has 4 N–H and O–H groups in total. The summed E-state index contributed by atoms with van der Waals surface area (Å²) in [6.45, 7) is 11.0. The molecule has 0 unspecified atom stereocenters. The number of rotatable bonds is 14. The number of Topliss-reactive ketones (excluding diaryl/α,β-unsaturated/α-hetero) is 1. The number of nitrogens with one attached hydrogen (secondary N) is 2. The van der Waals surface area contributed by atoms with Crippen molar-refractivity contribution in [2.75, 3.05) is 46.0 Å². The number of esters is 4. The van der Waals surface area contributed by atoms with Gasteiger partial charge in [-0.25, -0.2) is 14.4 Å². The van der Waals surface area contributed by atoms with Gasteiger partial charge in [0.15, 0.2) is 23.6 Å². The van der Waals surface area contributed by atoms with Crippen molar-refractivity contribution >= 4 is 41.7 Å². The second kappa shape index (κ2) is 21.1. The molecule has 8 rings (SSSR count). The van der Waals surface area contributed by atoms with Gasteiger partial charge in [-0.2, -0.15) is 0 Å². The van der Waals surface area contributed by atoms with E-state index in [1.54, 1.807) is 92.7 Å². The van der Waals surface area contributed by atoms with E-state index in [0.29, 0.717) is 38.4 Å². The summed E-state index contributed by atoms with van der Waals surface area (Å²) >= 11 is 0. The molecule has 4 fully saturated rings. The van der Waals surface area contributed by atoms with Crippen LogP contribution in [-0.2, 0) is 52.3 Å². The van der Waals surface area contributed by atoms with E-state index >= 15 is 4.79 Å². The molecule has 0 radical (unpaired) electrons. The van der Waals surface area contributed by atoms with Crippen LogP contribution in [0.2, 0.25) is 0 Å². The maximum Gasteiger partial charge on any atom is 0.407 e. The number of benzene rings is 3. The van der Waals surface area contributed by atoms with Crippen molar-refractivity contribution in [1.82, 2.24) is 15.5 Å². The Bertz CT molecular complexity index is 2610. The predicted molar refractivity (Wildman–Crippen MR) is 257 cm³/mol. The number of aliphatic hydroxyl groups is 2. The number of morpholine rings is 1. The molecule has 5 aliphatic rings. The van der Waals surface area contributed by atoms with E-state index in [-0.39, 0.29) is 41.8 Å². The highest BCUT2D eigenvalue weighted by molar-refractivity contribution is 5.96. The Balaban J connectivity index is 1.26. The summed E-state index contributed by atoms with van der Waals surface area (Å²) in [7, 11) is 0. The van der Waals surface area contributed by atoms with Crippen LogP contribution >= 0.6 is 0 Å². The molecule has 3 aromatic carbocycles. The third-order valence-corrected chi connectivity index (χ3v) is 15.5. The Morgan fingerprint density at radius 3 is 2.03 bits per heavy atom. The van der Waals surface area contributed by atoms with Crippen LogP contribution in [0, 0.1) is 16.7 Å². The van der Waals surface area contributed by atoms with Crippen LogP contribution in [0.15, 0.2) is 102 Å². The van der Waals surface area contributed by atoms with Crippen molar-refractivity contribution in [3.05, 3.63) is 119 Å². The fraction of sp³-hybridized carbons (Fsp3) is 0.500. The van der Waals surface area contributed by atoms with Gasteiger partial charge in [0.1, 0.15) is 30.0 Å². The van der Waals surface area contributed by atoms with E-state index < -0.39 is 119 Å². The van der Waals surface area contributed by atoms with E-state index in [9.17, 15) is 39.0 Å². The minimum Gasteiger partial charge on any atom is -0.456 e. The lowest BCUT2D eigenvalue weighted by atomic mass is 9.44. The van der Waals surface area contributed by atoms with Crippen molar-refractivity contribution in [2.45, 2.75) is 108 Å². The van der Waals surface area contributed by atoms with Crippen molar-refractivity contribution < 1.29 is 76.9 Å². The number of ether oxygens (including phenoxy) is 7. The predicted octanol–water partition coefficient (Wildman–Crippen LogP) is 3.80.